The molecule has 0 spiro atoms. The third-order valence-electron chi connectivity index (χ3n) is 3.97. The molecule has 8 nitrogen and oxygen atoms in total. The van der Waals surface area contributed by atoms with E-state index in [2.05, 4.69) is 24.8 Å². The van der Waals surface area contributed by atoms with Crippen LogP contribution in [0.25, 0.3) is 0 Å². The van der Waals surface area contributed by atoms with Crippen LogP contribution in [0.15, 0.2) is 24.7 Å². The smallest absolute Gasteiger partial charge is 0.274 e. The monoisotopic (exact) mass is 327 g/mol. The molecular weight excluding hydrogens is 306 g/mol. The molecule has 1 amide bonds. The highest BCUT2D eigenvalue weighted by molar-refractivity contribution is 5.92. The van der Waals surface area contributed by atoms with Crippen LogP contribution >= 0.6 is 0 Å². The topological polar surface area (TPSA) is 78.4 Å². The molecule has 2 aromatic heterocycles. The molecule has 0 atom stereocenters. The van der Waals surface area contributed by atoms with E-state index in [1.54, 1.807) is 12.4 Å². The number of amides is 1. The minimum Gasteiger partial charge on any atom is -0.361 e. The van der Waals surface area contributed by atoms with Crippen molar-refractivity contribution in [2.75, 3.05) is 50.1 Å². The van der Waals surface area contributed by atoms with Crippen LogP contribution in [-0.4, -0.2) is 71.0 Å². The van der Waals surface area contributed by atoms with Crippen molar-refractivity contribution >= 4 is 17.5 Å². The van der Waals surface area contributed by atoms with Gasteiger partial charge in [0.05, 0.1) is 12.4 Å². The lowest BCUT2D eigenvalue weighted by molar-refractivity contribution is 0.0740. The summed E-state index contributed by atoms with van der Waals surface area (Å²) in [5.41, 5.74) is 0.381. The van der Waals surface area contributed by atoms with Crippen molar-refractivity contribution in [3.8, 4) is 0 Å². The van der Waals surface area contributed by atoms with Crippen LogP contribution < -0.4 is 9.80 Å². The number of aryl methyl sites for hydroxylation is 1. The summed E-state index contributed by atoms with van der Waals surface area (Å²) in [6, 6.07) is 1.90. The van der Waals surface area contributed by atoms with E-state index >= 15 is 0 Å². The Hall–Kier alpha value is -2.77. The molecule has 0 saturated carbocycles. The van der Waals surface area contributed by atoms with E-state index in [1.807, 2.05) is 36.9 Å². The Morgan fingerprint density at radius 2 is 1.83 bits per heavy atom. The molecule has 0 bridgehead atoms. The van der Waals surface area contributed by atoms with Gasteiger partial charge in [-0.25, -0.2) is 19.9 Å². The average Bonchev–Trinajstić information content (AvgIpc) is 2.61. The Morgan fingerprint density at radius 3 is 2.42 bits per heavy atom. The zero-order valence-electron chi connectivity index (χ0n) is 14.2. The lowest BCUT2D eigenvalue weighted by Crippen LogP contribution is -2.49. The summed E-state index contributed by atoms with van der Waals surface area (Å²) in [6.45, 7) is 4.63. The summed E-state index contributed by atoms with van der Waals surface area (Å²) in [5, 5.41) is 0. The highest BCUT2D eigenvalue weighted by Gasteiger charge is 2.24. The second-order valence-electron chi connectivity index (χ2n) is 5.90. The molecule has 0 unspecified atom stereocenters. The number of hydrogen-bond donors (Lipinski definition) is 0. The molecule has 0 radical (unpaired) electrons. The molecule has 126 valence electrons. The molecule has 8 heteroatoms. The summed E-state index contributed by atoms with van der Waals surface area (Å²) in [4.78, 5) is 35.4. The summed E-state index contributed by atoms with van der Waals surface area (Å²) < 4.78 is 0. The predicted octanol–water partition coefficient (Wildman–Crippen LogP) is 0.603. The Labute approximate surface area is 141 Å². The quantitative estimate of drug-likeness (QED) is 0.817. The van der Waals surface area contributed by atoms with Gasteiger partial charge < -0.3 is 14.7 Å². The zero-order chi connectivity index (χ0) is 17.1. The maximum atomic E-state index is 12.5. The van der Waals surface area contributed by atoms with E-state index in [0.29, 0.717) is 18.8 Å². The highest BCUT2D eigenvalue weighted by atomic mass is 16.2. The molecule has 1 saturated heterocycles. The number of hydrogen-bond acceptors (Lipinski definition) is 7. The van der Waals surface area contributed by atoms with E-state index in [4.69, 9.17) is 0 Å². The Kier molecular flexibility index (Phi) is 4.54. The first kappa shape index (κ1) is 16.1. The van der Waals surface area contributed by atoms with Gasteiger partial charge in [-0.3, -0.25) is 4.79 Å². The Balaban J connectivity index is 1.62. The van der Waals surface area contributed by atoms with Crippen LogP contribution in [0.2, 0.25) is 0 Å². The molecule has 1 aliphatic rings. The van der Waals surface area contributed by atoms with Gasteiger partial charge in [-0.15, -0.1) is 0 Å². The van der Waals surface area contributed by atoms with Gasteiger partial charge >= 0.3 is 0 Å². The fourth-order valence-corrected chi connectivity index (χ4v) is 2.58. The maximum Gasteiger partial charge on any atom is 0.274 e. The van der Waals surface area contributed by atoms with Gasteiger partial charge in [-0.05, 0) is 13.0 Å². The third kappa shape index (κ3) is 3.42. The van der Waals surface area contributed by atoms with E-state index < -0.39 is 0 Å². The minimum absolute atomic E-state index is 0.0775. The highest BCUT2D eigenvalue weighted by Crippen LogP contribution is 2.14. The van der Waals surface area contributed by atoms with Crippen molar-refractivity contribution in [2.24, 2.45) is 0 Å². The minimum atomic E-state index is -0.0775. The number of nitrogens with zero attached hydrogens (tertiary/aromatic N) is 7. The van der Waals surface area contributed by atoms with Gasteiger partial charge in [0.1, 0.15) is 23.2 Å². The lowest BCUT2D eigenvalue weighted by atomic mass is 10.2. The van der Waals surface area contributed by atoms with Gasteiger partial charge in [-0.2, -0.15) is 0 Å². The van der Waals surface area contributed by atoms with Crippen LogP contribution in [0.5, 0.6) is 0 Å². The molecule has 3 heterocycles. The lowest BCUT2D eigenvalue weighted by Gasteiger charge is -2.35. The van der Waals surface area contributed by atoms with Crippen molar-refractivity contribution in [1.82, 2.24) is 24.8 Å². The average molecular weight is 327 g/mol. The Morgan fingerprint density at radius 1 is 1.08 bits per heavy atom. The van der Waals surface area contributed by atoms with E-state index in [0.717, 1.165) is 30.5 Å². The molecule has 0 aromatic carbocycles. The van der Waals surface area contributed by atoms with E-state index in [9.17, 15) is 4.79 Å². The largest absolute Gasteiger partial charge is 0.361 e. The second-order valence-corrected chi connectivity index (χ2v) is 5.90. The first-order valence-electron chi connectivity index (χ1n) is 7.88. The summed E-state index contributed by atoms with van der Waals surface area (Å²) in [6.07, 6.45) is 4.92. The molecular formula is C16H21N7O. The number of carbonyl (C=O) groups is 1. The van der Waals surface area contributed by atoms with Gasteiger partial charge in [-0.1, -0.05) is 0 Å². The number of aromatic nitrogens is 4. The third-order valence-corrected chi connectivity index (χ3v) is 3.97. The normalized spacial score (nSPS) is 14.6. The van der Waals surface area contributed by atoms with Crippen LogP contribution in [0.1, 0.15) is 16.3 Å². The van der Waals surface area contributed by atoms with Crippen LogP contribution in [0, 0.1) is 6.92 Å². The fourth-order valence-electron chi connectivity index (χ4n) is 2.58. The SMILES string of the molecule is Cc1nccc(N2CCN(C(=O)c3cnc(N(C)C)cn3)CC2)n1. The van der Waals surface area contributed by atoms with E-state index in [1.165, 1.54) is 6.20 Å². The molecule has 2 aromatic rings. The van der Waals surface area contributed by atoms with Crippen molar-refractivity contribution < 1.29 is 4.79 Å². The first-order chi connectivity index (χ1) is 11.5. The van der Waals surface area contributed by atoms with E-state index in [-0.39, 0.29) is 5.91 Å². The Bertz CT molecular complexity index is 709. The van der Waals surface area contributed by atoms with Crippen LogP contribution in [-0.2, 0) is 0 Å². The number of rotatable bonds is 3. The van der Waals surface area contributed by atoms with Crippen molar-refractivity contribution in [3.63, 3.8) is 0 Å². The molecule has 1 aliphatic heterocycles. The zero-order valence-corrected chi connectivity index (χ0v) is 14.2. The molecule has 0 N–H and O–H groups in total. The summed E-state index contributed by atoms with van der Waals surface area (Å²) in [7, 11) is 3.78. The second kappa shape index (κ2) is 6.77. The summed E-state index contributed by atoms with van der Waals surface area (Å²) >= 11 is 0. The maximum absolute atomic E-state index is 12.5. The van der Waals surface area contributed by atoms with Crippen LogP contribution in [0.4, 0.5) is 11.6 Å². The first-order valence-corrected chi connectivity index (χ1v) is 7.88. The predicted molar refractivity (Wildman–Crippen MR) is 91.2 cm³/mol. The summed E-state index contributed by atoms with van der Waals surface area (Å²) in [5.74, 6) is 2.31. The van der Waals surface area contributed by atoms with Gasteiger partial charge in [0, 0.05) is 46.5 Å². The molecule has 0 aliphatic carbocycles. The fraction of sp³-hybridized carbons (Fsp3) is 0.438. The number of carbonyl (C=O) groups excluding carboxylic acids is 1. The number of piperazine rings is 1. The number of anilines is 2. The van der Waals surface area contributed by atoms with Gasteiger partial charge in [0.2, 0.25) is 0 Å². The van der Waals surface area contributed by atoms with Gasteiger partial charge in [0.15, 0.2) is 0 Å². The van der Waals surface area contributed by atoms with Crippen molar-refractivity contribution in [1.29, 1.82) is 0 Å². The van der Waals surface area contributed by atoms with Crippen molar-refractivity contribution in [3.05, 3.63) is 36.2 Å². The van der Waals surface area contributed by atoms with Crippen molar-refractivity contribution in [2.45, 2.75) is 6.92 Å². The van der Waals surface area contributed by atoms with Crippen LogP contribution in [0.3, 0.4) is 0 Å². The molecule has 3 rings (SSSR count). The van der Waals surface area contributed by atoms with Gasteiger partial charge in [0.25, 0.3) is 5.91 Å². The molecule has 1 fully saturated rings. The standard InChI is InChI=1S/C16H21N7O/c1-12-17-5-4-14(20-12)22-6-8-23(9-7-22)16(24)13-10-19-15(11-18-13)21(2)3/h4-5,10-11H,6-9H2,1-3H3. The molecule has 24 heavy (non-hydrogen) atoms.